The van der Waals surface area contributed by atoms with Gasteiger partial charge in [0.15, 0.2) is 11.5 Å². The van der Waals surface area contributed by atoms with Gasteiger partial charge in [-0.15, -0.1) is 0 Å². The SMILES string of the molecule is c1ccc(-n2c3ccccc3c3c(-n4c5ccccc5c5ccccc54)nc(-n4c5ccccc5c5ccccc54)nc32)cc1. The molecular weight excluding hydrogens is 550 g/mol. The van der Waals surface area contributed by atoms with Gasteiger partial charge in [0.25, 0.3) is 0 Å². The van der Waals surface area contributed by atoms with Crippen molar-refractivity contribution < 1.29 is 0 Å². The molecule has 0 spiro atoms. The molecule has 5 nitrogen and oxygen atoms in total. The van der Waals surface area contributed by atoms with Crippen molar-refractivity contribution in [2.24, 2.45) is 0 Å². The number of benzene rings is 6. The monoisotopic (exact) mass is 575 g/mol. The van der Waals surface area contributed by atoms with E-state index in [9.17, 15) is 0 Å². The number of nitrogens with zero attached hydrogens (tertiary/aromatic N) is 5. The van der Waals surface area contributed by atoms with Gasteiger partial charge >= 0.3 is 0 Å². The van der Waals surface area contributed by atoms with Crippen LogP contribution in [0.2, 0.25) is 0 Å². The van der Waals surface area contributed by atoms with E-state index in [0.29, 0.717) is 5.95 Å². The van der Waals surface area contributed by atoms with Crippen LogP contribution < -0.4 is 0 Å². The van der Waals surface area contributed by atoms with Crippen LogP contribution in [0.3, 0.4) is 0 Å². The van der Waals surface area contributed by atoms with E-state index in [1.807, 2.05) is 0 Å². The van der Waals surface area contributed by atoms with Gasteiger partial charge < -0.3 is 0 Å². The van der Waals surface area contributed by atoms with E-state index >= 15 is 0 Å². The highest BCUT2D eigenvalue weighted by molar-refractivity contribution is 6.15. The van der Waals surface area contributed by atoms with Gasteiger partial charge in [0, 0.05) is 32.6 Å². The molecule has 4 aromatic heterocycles. The molecule has 0 saturated carbocycles. The Balaban J connectivity index is 1.46. The summed E-state index contributed by atoms with van der Waals surface area (Å²) in [6, 6.07) is 53.4. The van der Waals surface area contributed by atoms with Crippen LogP contribution in [0.4, 0.5) is 0 Å². The fourth-order valence-corrected chi connectivity index (χ4v) is 7.21. The Labute approximate surface area is 257 Å². The van der Waals surface area contributed by atoms with Gasteiger partial charge in [-0.25, -0.2) is 0 Å². The zero-order valence-corrected chi connectivity index (χ0v) is 24.2. The molecule has 0 radical (unpaired) electrons. The first kappa shape index (κ1) is 24.3. The highest BCUT2D eigenvalue weighted by Crippen LogP contribution is 2.40. The van der Waals surface area contributed by atoms with E-state index < -0.39 is 0 Å². The first-order valence-electron chi connectivity index (χ1n) is 15.2. The highest BCUT2D eigenvalue weighted by atomic mass is 15.2. The molecule has 0 unspecified atom stereocenters. The summed E-state index contributed by atoms with van der Waals surface area (Å²) in [5.74, 6) is 1.50. The zero-order valence-electron chi connectivity index (χ0n) is 24.2. The van der Waals surface area contributed by atoms with Gasteiger partial charge in [0.1, 0.15) is 0 Å². The average Bonchev–Trinajstić information content (AvgIpc) is 3.74. The van der Waals surface area contributed by atoms with Crippen molar-refractivity contribution in [1.29, 1.82) is 0 Å². The van der Waals surface area contributed by atoms with Crippen molar-refractivity contribution in [3.8, 4) is 17.5 Å². The number of rotatable bonds is 3. The van der Waals surface area contributed by atoms with Gasteiger partial charge in [-0.2, -0.15) is 9.97 Å². The Hall–Kier alpha value is -6.20. The molecule has 10 aromatic rings. The lowest BCUT2D eigenvalue weighted by Crippen LogP contribution is -2.08. The van der Waals surface area contributed by atoms with Crippen LogP contribution in [0.1, 0.15) is 0 Å². The number of fused-ring (bicyclic) bond motifs is 9. The van der Waals surface area contributed by atoms with Crippen molar-refractivity contribution >= 4 is 65.5 Å². The average molecular weight is 576 g/mol. The molecule has 4 heterocycles. The fraction of sp³-hybridized carbons (Fsp3) is 0. The molecular formula is C40H25N5. The molecule has 45 heavy (non-hydrogen) atoms. The van der Waals surface area contributed by atoms with E-state index in [2.05, 4.69) is 165 Å². The first-order chi connectivity index (χ1) is 22.4. The Kier molecular flexibility index (Phi) is 4.93. The van der Waals surface area contributed by atoms with E-state index in [1.54, 1.807) is 0 Å². The maximum Gasteiger partial charge on any atom is 0.238 e. The van der Waals surface area contributed by atoms with Crippen LogP contribution in [0.15, 0.2) is 152 Å². The summed E-state index contributed by atoms with van der Waals surface area (Å²) in [6.07, 6.45) is 0. The summed E-state index contributed by atoms with van der Waals surface area (Å²) in [6.45, 7) is 0. The lowest BCUT2D eigenvalue weighted by Gasteiger charge is -2.14. The van der Waals surface area contributed by atoms with Crippen molar-refractivity contribution in [2.75, 3.05) is 0 Å². The zero-order chi connectivity index (χ0) is 29.5. The second-order valence-corrected chi connectivity index (χ2v) is 11.5. The quantitative estimate of drug-likeness (QED) is 0.210. The summed E-state index contributed by atoms with van der Waals surface area (Å²) in [4.78, 5) is 11.0. The van der Waals surface area contributed by atoms with Gasteiger partial charge in [-0.1, -0.05) is 109 Å². The van der Waals surface area contributed by atoms with Crippen LogP contribution >= 0.6 is 0 Å². The Morgan fingerprint density at radius 2 is 0.733 bits per heavy atom. The molecule has 0 N–H and O–H groups in total. The number of hydrogen-bond acceptors (Lipinski definition) is 2. The third kappa shape index (κ3) is 3.32. The van der Waals surface area contributed by atoms with E-state index in [0.717, 1.165) is 55.5 Å². The predicted octanol–water partition coefficient (Wildman–Crippen LogP) is 9.77. The molecule has 0 bridgehead atoms. The van der Waals surface area contributed by atoms with E-state index in [-0.39, 0.29) is 0 Å². The Morgan fingerprint density at radius 3 is 1.24 bits per heavy atom. The molecule has 0 aliphatic carbocycles. The van der Waals surface area contributed by atoms with Crippen LogP contribution in [0.25, 0.3) is 83.0 Å². The fourth-order valence-electron chi connectivity index (χ4n) is 7.21. The van der Waals surface area contributed by atoms with Gasteiger partial charge in [0.05, 0.1) is 33.0 Å². The Bertz CT molecular complexity index is 2660. The lowest BCUT2D eigenvalue weighted by molar-refractivity contribution is 0.960. The minimum Gasteiger partial charge on any atom is -0.294 e. The van der Waals surface area contributed by atoms with E-state index in [1.165, 1.54) is 21.5 Å². The second kappa shape index (κ2) is 9.15. The van der Waals surface area contributed by atoms with Crippen molar-refractivity contribution in [3.05, 3.63) is 152 Å². The molecule has 0 atom stereocenters. The molecule has 5 heteroatoms. The summed E-state index contributed by atoms with van der Waals surface area (Å²) < 4.78 is 6.82. The third-order valence-electron chi connectivity index (χ3n) is 9.07. The molecule has 6 aromatic carbocycles. The number of hydrogen-bond donors (Lipinski definition) is 0. The first-order valence-corrected chi connectivity index (χ1v) is 15.2. The van der Waals surface area contributed by atoms with Crippen LogP contribution in [0, 0.1) is 0 Å². The van der Waals surface area contributed by atoms with E-state index in [4.69, 9.17) is 9.97 Å². The normalized spacial score (nSPS) is 12.0. The minimum atomic E-state index is 0.636. The number of para-hydroxylation sites is 6. The topological polar surface area (TPSA) is 40.6 Å². The van der Waals surface area contributed by atoms with Crippen molar-refractivity contribution in [3.63, 3.8) is 0 Å². The van der Waals surface area contributed by atoms with Crippen molar-refractivity contribution in [2.45, 2.75) is 0 Å². The molecule has 0 fully saturated rings. The number of aromatic nitrogens is 5. The maximum absolute atomic E-state index is 5.54. The van der Waals surface area contributed by atoms with Gasteiger partial charge in [-0.3, -0.25) is 13.7 Å². The molecule has 0 saturated heterocycles. The van der Waals surface area contributed by atoms with Crippen LogP contribution in [-0.2, 0) is 0 Å². The molecule has 0 amide bonds. The lowest BCUT2D eigenvalue weighted by atomic mass is 10.2. The minimum absolute atomic E-state index is 0.636. The molecule has 0 aliphatic heterocycles. The van der Waals surface area contributed by atoms with Crippen LogP contribution in [-0.4, -0.2) is 23.7 Å². The summed E-state index contributed by atoms with van der Waals surface area (Å²) in [7, 11) is 0. The summed E-state index contributed by atoms with van der Waals surface area (Å²) >= 11 is 0. The summed E-state index contributed by atoms with van der Waals surface area (Å²) in [5.41, 5.74) is 7.40. The standard InChI is InChI=1S/C40H25N5/c1-2-14-26(15-3-1)43-36-25-13-8-20-31(36)37-38(43)41-40(45-34-23-11-6-18-29(34)30-19-7-12-24-35(30)45)42-39(37)44-32-21-9-4-16-27(32)28-17-5-10-22-33(28)44/h1-25H. The van der Waals surface area contributed by atoms with Gasteiger partial charge in [-0.05, 0) is 42.5 Å². The molecule has 210 valence electrons. The smallest absolute Gasteiger partial charge is 0.238 e. The molecule has 10 rings (SSSR count). The van der Waals surface area contributed by atoms with Crippen molar-refractivity contribution in [1.82, 2.24) is 23.7 Å². The highest BCUT2D eigenvalue weighted by Gasteiger charge is 2.24. The molecule has 0 aliphatic rings. The Morgan fingerprint density at radius 1 is 0.333 bits per heavy atom. The van der Waals surface area contributed by atoms with Gasteiger partial charge in [0.2, 0.25) is 5.95 Å². The van der Waals surface area contributed by atoms with Crippen LogP contribution in [0.5, 0.6) is 0 Å². The third-order valence-corrected chi connectivity index (χ3v) is 9.07. The maximum atomic E-state index is 5.54. The summed E-state index contributed by atoms with van der Waals surface area (Å²) in [5, 5.41) is 6.89. The largest absolute Gasteiger partial charge is 0.294 e. The second-order valence-electron chi connectivity index (χ2n) is 11.5. The predicted molar refractivity (Wildman–Crippen MR) is 185 cm³/mol.